The summed E-state index contributed by atoms with van der Waals surface area (Å²) in [5.41, 5.74) is 1.85. The molecular formula is C17H15ClN4O2. The number of nitrogens with zero attached hydrogens (tertiary/aromatic N) is 1. The number of H-pyrrole nitrogens is 1. The number of aromatic nitrogens is 2. The molecule has 122 valence electrons. The van der Waals surface area contributed by atoms with Crippen molar-refractivity contribution < 1.29 is 9.59 Å². The number of hydrogen-bond acceptors (Lipinski definition) is 3. The average Bonchev–Trinajstić information content (AvgIpc) is 3.03. The van der Waals surface area contributed by atoms with Crippen LogP contribution < -0.4 is 10.6 Å². The molecule has 0 spiro atoms. The van der Waals surface area contributed by atoms with Gasteiger partial charge in [0.15, 0.2) is 5.69 Å². The number of nitrogens with one attached hydrogen (secondary N) is 3. The number of aromatic amines is 1. The highest BCUT2D eigenvalue weighted by Crippen LogP contribution is 2.15. The molecule has 0 radical (unpaired) electrons. The number of fused-ring (bicyclic) bond motifs is 1. The van der Waals surface area contributed by atoms with Crippen LogP contribution in [0.25, 0.3) is 10.9 Å². The first-order valence-electron chi connectivity index (χ1n) is 7.36. The first kappa shape index (κ1) is 16.0. The van der Waals surface area contributed by atoms with Crippen LogP contribution >= 0.6 is 11.6 Å². The third kappa shape index (κ3) is 3.55. The third-order valence-corrected chi connectivity index (χ3v) is 3.90. The van der Waals surface area contributed by atoms with Crippen molar-refractivity contribution in [3.8, 4) is 0 Å². The maximum Gasteiger partial charge on any atom is 0.272 e. The van der Waals surface area contributed by atoms with E-state index in [0.29, 0.717) is 17.0 Å². The Morgan fingerprint density at radius 3 is 2.62 bits per heavy atom. The predicted octanol–water partition coefficient (Wildman–Crippen LogP) is 2.26. The predicted molar refractivity (Wildman–Crippen MR) is 91.7 cm³/mol. The van der Waals surface area contributed by atoms with Gasteiger partial charge in [0.25, 0.3) is 5.91 Å². The molecule has 0 unspecified atom stereocenters. The monoisotopic (exact) mass is 342 g/mol. The van der Waals surface area contributed by atoms with Gasteiger partial charge < -0.3 is 10.6 Å². The Labute approximate surface area is 143 Å². The molecular weight excluding hydrogens is 328 g/mol. The fraction of sp³-hybridized carbons (Fsp3) is 0.118. The van der Waals surface area contributed by atoms with E-state index in [9.17, 15) is 9.59 Å². The van der Waals surface area contributed by atoms with Gasteiger partial charge in [-0.05, 0) is 17.7 Å². The normalized spacial score (nSPS) is 10.5. The molecule has 0 aliphatic carbocycles. The molecule has 0 fully saturated rings. The molecule has 0 saturated carbocycles. The second kappa shape index (κ2) is 7.14. The van der Waals surface area contributed by atoms with Crippen molar-refractivity contribution in [2.24, 2.45) is 0 Å². The Morgan fingerprint density at radius 2 is 1.79 bits per heavy atom. The van der Waals surface area contributed by atoms with Crippen LogP contribution in [-0.4, -0.2) is 28.6 Å². The zero-order valence-corrected chi connectivity index (χ0v) is 13.4. The molecule has 24 heavy (non-hydrogen) atoms. The summed E-state index contributed by atoms with van der Waals surface area (Å²) in [4.78, 5) is 24.0. The highest BCUT2D eigenvalue weighted by molar-refractivity contribution is 6.31. The highest BCUT2D eigenvalue weighted by atomic mass is 35.5. The summed E-state index contributed by atoms with van der Waals surface area (Å²) in [5.74, 6) is -0.705. The van der Waals surface area contributed by atoms with Crippen LogP contribution in [0.1, 0.15) is 16.1 Å². The number of amides is 2. The van der Waals surface area contributed by atoms with E-state index >= 15 is 0 Å². The Balaban J connectivity index is 1.54. The number of rotatable bonds is 5. The van der Waals surface area contributed by atoms with Gasteiger partial charge in [-0.25, -0.2) is 0 Å². The topological polar surface area (TPSA) is 86.9 Å². The molecule has 0 aliphatic rings. The van der Waals surface area contributed by atoms with E-state index in [-0.39, 0.29) is 18.1 Å². The van der Waals surface area contributed by atoms with Gasteiger partial charge in [0.05, 0.1) is 12.1 Å². The lowest BCUT2D eigenvalue weighted by molar-refractivity contribution is -0.120. The fourth-order valence-electron chi connectivity index (χ4n) is 2.28. The molecule has 2 aromatic carbocycles. The van der Waals surface area contributed by atoms with Crippen LogP contribution in [0.5, 0.6) is 0 Å². The highest BCUT2D eigenvalue weighted by Gasteiger charge is 2.14. The number of para-hydroxylation sites is 1. The van der Waals surface area contributed by atoms with E-state index in [4.69, 9.17) is 11.6 Å². The average molecular weight is 343 g/mol. The Kier molecular flexibility index (Phi) is 4.77. The molecule has 0 aliphatic heterocycles. The van der Waals surface area contributed by atoms with Gasteiger partial charge in [0, 0.05) is 17.0 Å². The van der Waals surface area contributed by atoms with Gasteiger partial charge in [0.2, 0.25) is 5.91 Å². The molecule has 0 bridgehead atoms. The van der Waals surface area contributed by atoms with Crippen molar-refractivity contribution >= 4 is 34.3 Å². The summed E-state index contributed by atoms with van der Waals surface area (Å²) in [7, 11) is 0. The van der Waals surface area contributed by atoms with Crippen LogP contribution in [0, 0.1) is 0 Å². The van der Waals surface area contributed by atoms with Gasteiger partial charge in [-0.15, -0.1) is 0 Å². The van der Waals surface area contributed by atoms with Crippen LogP contribution in [0.2, 0.25) is 5.02 Å². The summed E-state index contributed by atoms with van der Waals surface area (Å²) < 4.78 is 0. The smallest absolute Gasteiger partial charge is 0.272 e. The van der Waals surface area contributed by atoms with Crippen LogP contribution in [-0.2, 0) is 11.3 Å². The molecule has 2 amide bonds. The molecule has 0 saturated heterocycles. The summed E-state index contributed by atoms with van der Waals surface area (Å²) >= 11 is 6.03. The maximum atomic E-state index is 12.2. The SMILES string of the molecule is O=C(CNC(=O)c1n[nH]c2ccccc12)NCc1ccccc1Cl. The van der Waals surface area contributed by atoms with Crippen molar-refractivity contribution in [1.29, 1.82) is 0 Å². The quantitative estimate of drug-likeness (QED) is 0.664. The minimum absolute atomic E-state index is 0.134. The van der Waals surface area contributed by atoms with Crippen molar-refractivity contribution in [2.75, 3.05) is 6.54 Å². The lowest BCUT2D eigenvalue weighted by Gasteiger charge is -2.07. The lowest BCUT2D eigenvalue weighted by atomic mass is 10.2. The number of benzene rings is 2. The fourth-order valence-corrected chi connectivity index (χ4v) is 2.48. The second-order valence-electron chi connectivity index (χ2n) is 5.17. The lowest BCUT2D eigenvalue weighted by Crippen LogP contribution is -2.36. The molecule has 3 rings (SSSR count). The van der Waals surface area contributed by atoms with Crippen molar-refractivity contribution in [2.45, 2.75) is 6.54 Å². The van der Waals surface area contributed by atoms with Gasteiger partial charge in [0.1, 0.15) is 0 Å². The van der Waals surface area contributed by atoms with Gasteiger partial charge >= 0.3 is 0 Å². The molecule has 1 heterocycles. The summed E-state index contributed by atoms with van der Waals surface area (Å²) in [6, 6.07) is 14.6. The van der Waals surface area contributed by atoms with Gasteiger partial charge in [-0.3, -0.25) is 14.7 Å². The van der Waals surface area contributed by atoms with E-state index < -0.39 is 5.91 Å². The zero-order valence-electron chi connectivity index (χ0n) is 12.7. The molecule has 3 aromatic rings. The van der Waals surface area contributed by atoms with Crippen molar-refractivity contribution in [3.63, 3.8) is 0 Å². The van der Waals surface area contributed by atoms with E-state index in [1.807, 2.05) is 36.4 Å². The molecule has 3 N–H and O–H groups in total. The first-order valence-corrected chi connectivity index (χ1v) is 7.74. The zero-order chi connectivity index (χ0) is 16.9. The largest absolute Gasteiger partial charge is 0.350 e. The Hall–Kier alpha value is -2.86. The molecule has 7 heteroatoms. The second-order valence-corrected chi connectivity index (χ2v) is 5.58. The van der Waals surface area contributed by atoms with Crippen LogP contribution in [0.4, 0.5) is 0 Å². The van der Waals surface area contributed by atoms with E-state index in [2.05, 4.69) is 20.8 Å². The number of carbonyl (C=O) groups is 2. The van der Waals surface area contributed by atoms with Crippen LogP contribution in [0.3, 0.4) is 0 Å². The summed E-state index contributed by atoms with van der Waals surface area (Å²) in [6.07, 6.45) is 0. The molecule has 0 atom stereocenters. The van der Waals surface area contributed by atoms with Crippen molar-refractivity contribution in [3.05, 3.63) is 64.8 Å². The van der Waals surface area contributed by atoms with Gasteiger partial charge in [-0.2, -0.15) is 5.10 Å². The third-order valence-electron chi connectivity index (χ3n) is 3.53. The minimum Gasteiger partial charge on any atom is -0.350 e. The number of hydrogen-bond donors (Lipinski definition) is 3. The van der Waals surface area contributed by atoms with Gasteiger partial charge in [-0.1, -0.05) is 48.0 Å². The van der Waals surface area contributed by atoms with E-state index in [0.717, 1.165) is 11.1 Å². The summed E-state index contributed by atoms with van der Waals surface area (Å²) in [6.45, 7) is 0.171. The first-order chi connectivity index (χ1) is 11.6. The molecule has 1 aromatic heterocycles. The standard InChI is InChI=1S/C17H15ClN4O2/c18-13-7-3-1-5-11(13)9-19-15(23)10-20-17(24)16-12-6-2-4-8-14(12)21-22-16/h1-8H,9-10H2,(H,19,23)(H,20,24)(H,21,22). The minimum atomic E-state index is -0.402. The maximum absolute atomic E-state index is 12.2. The molecule has 6 nitrogen and oxygen atoms in total. The summed E-state index contributed by atoms with van der Waals surface area (Å²) in [5, 5.41) is 13.4. The van der Waals surface area contributed by atoms with Crippen LogP contribution in [0.15, 0.2) is 48.5 Å². The number of halogens is 1. The Bertz CT molecular complexity index is 891. The van der Waals surface area contributed by atoms with E-state index in [1.54, 1.807) is 12.1 Å². The number of carbonyl (C=O) groups excluding carboxylic acids is 2. The van der Waals surface area contributed by atoms with Crippen molar-refractivity contribution in [1.82, 2.24) is 20.8 Å². The Morgan fingerprint density at radius 1 is 1.04 bits per heavy atom. The van der Waals surface area contributed by atoms with E-state index in [1.165, 1.54) is 0 Å².